The molecule has 4 atom stereocenters. The Morgan fingerprint density at radius 1 is 1.00 bits per heavy atom. The third kappa shape index (κ3) is 7.20. The second kappa shape index (κ2) is 13.4. The molecule has 4 unspecified atom stereocenters. The summed E-state index contributed by atoms with van der Waals surface area (Å²) in [7, 11) is 0. The molecule has 0 N–H and O–H groups in total. The summed E-state index contributed by atoms with van der Waals surface area (Å²) in [6.45, 7) is 8.02. The van der Waals surface area contributed by atoms with Gasteiger partial charge >= 0.3 is 12.1 Å². The maximum absolute atomic E-state index is 14.1. The Labute approximate surface area is 240 Å². The molecule has 1 heterocycles. The van der Waals surface area contributed by atoms with Crippen LogP contribution in [0.2, 0.25) is 0 Å². The molecule has 0 radical (unpaired) electrons. The molecule has 1 fully saturated rings. The summed E-state index contributed by atoms with van der Waals surface area (Å²) in [6.07, 6.45) is 0.502. The molecule has 0 amide bonds. The van der Waals surface area contributed by atoms with Gasteiger partial charge in [0.2, 0.25) is 0 Å². The van der Waals surface area contributed by atoms with Crippen LogP contribution >= 0.6 is 11.3 Å². The molecule has 2 aromatic carbocycles. The lowest BCUT2D eigenvalue weighted by molar-refractivity contribution is -0.217. The maximum Gasteiger partial charge on any atom is 0.398 e. The molecule has 0 aliphatic heterocycles. The van der Waals surface area contributed by atoms with Crippen LogP contribution < -0.4 is 4.74 Å². The molecule has 4 rings (SSSR count). The van der Waals surface area contributed by atoms with E-state index in [0.717, 1.165) is 34.2 Å². The summed E-state index contributed by atoms with van der Waals surface area (Å²) in [5.41, 5.74) is 3.88. The zero-order chi connectivity index (χ0) is 28.9. The molecule has 218 valence electrons. The van der Waals surface area contributed by atoms with E-state index in [1.807, 2.05) is 19.1 Å². The Kier molecular flexibility index (Phi) is 10.2. The molecule has 1 aliphatic rings. The molecule has 0 spiro atoms. The fraction of sp³-hybridized carbons (Fsp3) is 0.545. The second-order valence-corrected chi connectivity index (χ2v) is 12.2. The number of aryl methyl sites for hydroxylation is 2. The summed E-state index contributed by atoms with van der Waals surface area (Å²) in [4.78, 5) is 13.5. The van der Waals surface area contributed by atoms with Gasteiger partial charge in [-0.25, -0.2) is 0 Å². The van der Waals surface area contributed by atoms with E-state index in [4.69, 9.17) is 9.47 Å². The van der Waals surface area contributed by atoms with Crippen molar-refractivity contribution >= 4 is 27.4 Å². The standard InChI is InChI=1S/C33H41F3O3S/c1-5-8-9-11-22-12-15-26(23(7-3)18-22)30-19-24-13-14-25(20-29(24)40-30)38-27-16-17-28(31(27)33(34,35)36)39-32(37)21(4)10-6-2/h12-15,18-21,27-28,31H,5-11,16-17H2,1-4H3. The summed E-state index contributed by atoms with van der Waals surface area (Å²) in [5.74, 6) is -2.41. The molecule has 0 saturated heterocycles. The lowest BCUT2D eigenvalue weighted by atomic mass is 9.98. The monoisotopic (exact) mass is 574 g/mol. The highest BCUT2D eigenvalue weighted by atomic mass is 32.1. The Bertz CT molecular complexity index is 1280. The minimum Gasteiger partial charge on any atom is -0.490 e. The van der Waals surface area contributed by atoms with Crippen LogP contribution in [0.4, 0.5) is 13.2 Å². The molecule has 1 saturated carbocycles. The lowest BCUT2D eigenvalue weighted by Crippen LogP contribution is -2.41. The van der Waals surface area contributed by atoms with E-state index in [0.29, 0.717) is 12.2 Å². The van der Waals surface area contributed by atoms with Gasteiger partial charge in [-0.3, -0.25) is 4.79 Å². The van der Waals surface area contributed by atoms with Crippen LogP contribution in [0, 0.1) is 11.8 Å². The number of rotatable bonds is 12. The van der Waals surface area contributed by atoms with Crippen molar-refractivity contribution in [3.8, 4) is 16.2 Å². The van der Waals surface area contributed by atoms with Gasteiger partial charge in [0.25, 0.3) is 0 Å². The van der Waals surface area contributed by atoms with Gasteiger partial charge in [0, 0.05) is 9.58 Å². The zero-order valence-electron chi connectivity index (χ0n) is 24.0. The third-order valence-electron chi connectivity index (χ3n) is 7.97. The van der Waals surface area contributed by atoms with Crippen molar-refractivity contribution in [1.29, 1.82) is 0 Å². The number of fused-ring (bicyclic) bond motifs is 1. The number of carbonyl (C=O) groups excluding carboxylic acids is 1. The summed E-state index contributed by atoms with van der Waals surface area (Å²) >= 11 is 1.63. The number of alkyl halides is 3. The molecular formula is C33H41F3O3S. The Morgan fingerprint density at radius 3 is 2.48 bits per heavy atom. The van der Waals surface area contributed by atoms with E-state index in [9.17, 15) is 18.0 Å². The Hall–Kier alpha value is -2.54. The Morgan fingerprint density at radius 2 is 1.77 bits per heavy atom. The van der Waals surface area contributed by atoms with Crippen molar-refractivity contribution in [2.75, 3.05) is 0 Å². The highest BCUT2D eigenvalue weighted by Gasteiger charge is 2.55. The number of esters is 1. The normalized spacial score (nSPS) is 20.1. The van der Waals surface area contributed by atoms with E-state index in [-0.39, 0.29) is 12.8 Å². The number of hydrogen-bond donors (Lipinski definition) is 0. The average molecular weight is 575 g/mol. The van der Waals surface area contributed by atoms with Gasteiger partial charge in [0.15, 0.2) is 0 Å². The summed E-state index contributed by atoms with van der Waals surface area (Å²) in [6, 6.07) is 14.4. The number of hydrogen-bond acceptors (Lipinski definition) is 4. The van der Waals surface area contributed by atoms with Gasteiger partial charge in [0.05, 0.1) is 5.92 Å². The van der Waals surface area contributed by atoms with E-state index in [2.05, 4.69) is 38.1 Å². The molecule has 1 aliphatic carbocycles. The van der Waals surface area contributed by atoms with Crippen molar-refractivity contribution in [3.63, 3.8) is 0 Å². The fourth-order valence-electron chi connectivity index (χ4n) is 5.74. The number of thiophene rings is 1. The van der Waals surface area contributed by atoms with Crippen LogP contribution in [-0.2, 0) is 22.4 Å². The first kappa shape index (κ1) is 30.4. The van der Waals surface area contributed by atoms with Crippen LogP contribution in [0.5, 0.6) is 5.75 Å². The first-order valence-corrected chi connectivity index (χ1v) is 15.6. The zero-order valence-corrected chi connectivity index (χ0v) is 24.8. The highest BCUT2D eigenvalue weighted by Crippen LogP contribution is 2.44. The quantitative estimate of drug-likeness (QED) is 0.160. The fourth-order valence-corrected chi connectivity index (χ4v) is 6.89. The molecule has 40 heavy (non-hydrogen) atoms. The van der Waals surface area contributed by atoms with Gasteiger partial charge in [0.1, 0.15) is 23.9 Å². The van der Waals surface area contributed by atoms with E-state index >= 15 is 0 Å². The van der Waals surface area contributed by atoms with Gasteiger partial charge < -0.3 is 9.47 Å². The predicted octanol–water partition coefficient (Wildman–Crippen LogP) is 9.93. The SMILES string of the molecule is CCCCCc1ccc(-c2cc3ccc(OC4CCC(OC(=O)C(C)CCC)C4C(F)(F)F)cc3s2)c(CC)c1. The molecule has 7 heteroatoms. The average Bonchev–Trinajstić information content (AvgIpc) is 3.52. The van der Waals surface area contributed by atoms with Crippen molar-refractivity contribution in [1.82, 2.24) is 0 Å². The highest BCUT2D eigenvalue weighted by molar-refractivity contribution is 7.22. The van der Waals surface area contributed by atoms with Gasteiger partial charge in [-0.2, -0.15) is 13.2 Å². The summed E-state index contributed by atoms with van der Waals surface area (Å²) < 4.78 is 54.7. The van der Waals surface area contributed by atoms with Crippen LogP contribution in [0.25, 0.3) is 20.5 Å². The van der Waals surface area contributed by atoms with Gasteiger partial charge in [-0.15, -0.1) is 11.3 Å². The molecular weight excluding hydrogens is 533 g/mol. The predicted molar refractivity (Wildman–Crippen MR) is 157 cm³/mol. The summed E-state index contributed by atoms with van der Waals surface area (Å²) in [5, 5.41) is 1.04. The molecule has 0 bridgehead atoms. The van der Waals surface area contributed by atoms with Crippen LogP contribution in [-0.4, -0.2) is 24.4 Å². The van der Waals surface area contributed by atoms with Crippen molar-refractivity contribution < 1.29 is 27.4 Å². The Balaban J connectivity index is 1.51. The minimum atomic E-state index is -4.53. The molecule has 1 aromatic heterocycles. The lowest BCUT2D eigenvalue weighted by Gasteiger charge is -2.28. The van der Waals surface area contributed by atoms with E-state index in [1.165, 1.54) is 36.0 Å². The number of halogens is 3. The number of ether oxygens (including phenoxy) is 2. The first-order chi connectivity index (χ1) is 19.1. The number of carbonyl (C=O) groups is 1. The topological polar surface area (TPSA) is 35.5 Å². The molecule has 3 aromatic rings. The van der Waals surface area contributed by atoms with Crippen LogP contribution in [0.3, 0.4) is 0 Å². The number of benzene rings is 2. The van der Waals surface area contributed by atoms with Crippen LogP contribution in [0.1, 0.15) is 83.8 Å². The molecule has 3 nitrogen and oxygen atoms in total. The van der Waals surface area contributed by atoms with Gasteiger partial charge in [-0.05, 0) is 84.9 Å². The van der Waals surface area contributed by atoms with Crippen molar-refractivity contribution in [2.24, 2.45) is 11.8 Å². The van der Waals surface area contributed by atoms with E-state index in [1.54, 1.807) is 24.3 Å². The first-order valence-electron chi connectivity index (χ1n) is 14.7. The van der Waals surface area contributed by atoms with Crippen molar-refractivity contribution in [2.45, 2.75) is 104 Å². The third-order valence-corrected chi connectivity index (χ3v) is 9.10. The second-order valence-electron chi connectivity index (χ2n) is 11.1. The number of unbranched alkanes of at least 4 members (excludes halogenated alkanes) is 2. The van der Waals surface area contributed by atoms with Crippen molar-refractivity contribution in [3.05, 3.63) is 53.6 Å². The largest absolute Gasteiger partial charge is 0.490 e. The van der Waals surface area contributed by atoms with Gasteiger partial charge in [-0.1, -0.05) is 65.2 Å². The maximum atomic E-state index is 14.1. The van der Waals surface area contributed by atoms with E-state index < -0.39 is 36.2 Å². The smallest absolute Gasteiger partial charge is 0.398 e. The minimum absolute atomic E-state index is 0.138. The van der Waals surface area contributed by atoms with Crippen LogP contribution in [0.15, 0.2) is 42.5 Å².